The third-order valence-electron chi connectivity index (χ3n) is 4.14. The molecule has 116 valence electrons. The average molecular weight is 301 g/mol. The van der Waals surface area contributed by atoms with Crippen molar-refractivity contribution in [1.82, 2.24) is 14.8 Å². The van der Waals surface area contributed by atoms with Crippen molar-refractivity contribution in [3.05, 3.63) is 29.6 Å². The minimum absolute atomic E-state index is 0.0900. The van der Waals surface area contributed by atoms with Crippen LogP contribution in [0.1, 0.15) is 47.5 Å². The number of pyridine rings is 1. The summed E-state index contributed by atoms with van der Waals surface area (Å²) in [6.07, 6.45) is 2.65. The lowest BCUT2D eigenvalue weighted by molar-refractivity contribution is -0.131. The molecule has 0 aromatic carbocycles. The van der Waals surface area contributed by atoms with Crippen LogP contribution in [-0.2, 0) is 4.79 Å². The van der Waals surface area contributed by atoms with Gasteiger partial charge in [0.2, 0.25) is 5.91 Å². The third-order valence-corrected chi connectivity index (χ3v) is 4.14. The number of carbonyl (C=O) groups excluding carboxylic acids is 3. The van der Waals surface area contributed by atoms with Gasteiger partial charge in [-0.25, -0.2) is 0 Å². The van der Waals surface area contributed by atoms with Gasteiger partial charge < -0.3 is 4.90 Å². The number of amides is 3. The zero-order valence-corrected chi connectivity index (χ0v) is 12.8. The van der Waals surface area contributed by atoms with E-state index in [1.165, 1.54) is 11.1 Å². The van der Waals surface area contributed by atoms with E-state index in [0.29, 0.717) is 37.4 Å². The number of aromatic nitrogens is 1. The van der Waals surface area contributed by atoms with Crippen molar-refractivity contribution < 1.29 is 14.4 Å². The van der Waals surface area contributed by atoms with Crippen LogP contribution >= 0.6 is 0 Å². The zero-order valence-electron chi connectivity index (χ0n) is 12.8. The number of imide groups is 1. The van der Waals surface area contributed by atoms with Crippen molar-refractivity contribution in [3.63, 3.8) is 0 Å². The first-order valence-corrected chi connectivity index (χ1v) is 7.59. The molecule has 6 nitrogen and oxygen atoms in total. The van der Waals surface area contributed by atoms with Crippen molar-refractivity contribution >= 4 is 17.7 Å². The summed E-state index contributed by atoms with van der Waals surface area (Å²) in [7, 11) is 0. The van der Waals surface area contributed by atoms with E-state index in [1.54, 1.807) is 17.0 Å². The fourth-order valence-electron chi connectivity index (χ4n) is 3.07. The van der Waals surface area contributed by atoms with E-state index in [0.717, 1.165) is 0 Å². The van der Waals surface area contributed by atoms with E-state index in [2.05, 4.69) is 4.98 Å². The van der Waals surface area contributed by atoms with Crippen LogP contribution in [0.25, 0.3) is 0 Å². The summed E-state index contributed by atoms with van der Waals surface area (Å²) in [4.78, 5) is 44.0. The molecule has 0 saturated carbocycles. The number of rotatable bonds is 3. The van der Waals surface area contributed by atoms with Crippen molar-refractivity contribution in [2.24, 2.45) is 5.92 Å². The van der Waals surface area contributed by atoms with Gasteiger partial charge in [-0.05, 0) is 24.5 Å². The molecule has 1 aromatic heterocycles. The van der Waals surface area contributed by atoms with E-state index in [9.17, 15) is 14.4 Å². The van der Waals surface area contributed by atoms with Crippen LogP contribution in [0.3, 0.4) is 0 Å². The fraction of sp³-hybridized carbons (Fsp3) is 0.500. The Bertz CT molecular complexity index is 606. The normalized spacial score (nSPS) is 21.0. The van der Waals surface area contributed by atoms with E-state index in [1.807, 2.05) is 13.8 Å². The second-order valence-corrected chi connectivity index (χ2v) is 6.26. The molecule has 22 heavy (non-hydrogen) atoms. The maximum Gasteiger partial charge on any atom is 0.280 e. The largest absolute Gasteiger partial charge is 0.341 e. The van der Waals surface area contributed by atoms with Gasteiger partial charge in [0, 0.05) is 25.7 Å². The highest BCUT2D eigenvalue weighted by Gasteiger charge is 2.43. The summed E-state index contributed by atoms with van der Waals surface area (Å²) in [6.45, 7) is 5.02. The Hall–Kier alpha value is -2.24. The highest BCUT2D eigenvalue weighted by molar-refractivity contribution is 6.20. The Morgan fingerprint density at radius 1 is 1.36 bits per heavy atom. The first-order chi connectivity index (χ1) is 10.5. The van der Waals surface area contributed by atoms with Gasteiger partial charge in [-0.1, -0.05) is 13.8 Å². The lowest BCUT2D eigenvalue weighted by Crippen LogP contribution is -2.42. The number of hydrogen-bond donors (Lipinski definition) is 0. The highest BCUT2D eigenvalue weighted by Crippen LogP contribution is 2.27. The summed E-state index contributed by atoms with van der Waals surface area (Å²) in [6, 6.07) is 3.03. The van der Waals surface area contributed by atoms with Crippen molar-refractivity contribution in [3.8, 4) is 0 Å². The lowest BCUT2D eigenvalue weighted by Gasteiger charge is -2.22. The van der Waals surface area contributed by atoms with Crippen LogP contribution in [0, 0.1) is 5.92 Å². The number of fused-ring (bicyclic) bond motifs is 1. The molecule has 1 saturated heterocycles. The van der Waals surface area contributed by atoms with Crippen LogP contribution < -0.4 is 0 Å². The van der Waals surface area contributed by atoms with E-state index >= 15 is 0 Å². The number of hydrogen-bond acceptors (Lipinski definition) is 4. The smallest absolute Gasteiger partial charge is 0.280 e. The van der Waals surface area contributed by atoms with Gasteiger partial charge in [0.05, 0.1) is 11.6 Å². The maximum absolute atomic E-state index is 12.4. The molecule has 3 heterocycles. The molecule has 0 N–H and O–H groups in total. The minimum Gasteiger partial charge on any atom is -0.341 e. The van der Waals surface area contributed by atoms with Crippen LogP contribution in [0.2, 0.25) is 0 Å². The molecule has 1 atom stereocenters. The van der Waals surface area contributed by atoms with E-state index in [4.69, 9.17) is 0 Å². The Labute approximate surface area is 129 Å². The van der Waals surface area contributed by atoms with Gasteiger partial charge >= 0.3 is 0 Å². The molecule has 1 unspecified atom stereocenters. The topological polar surface area (TPSA) is 70.6 Å². The van der Waals surface area contributed by atoms with Gasteiger partial charge in [0.25, 0.3) is 11.8 Å². The molecule has 3 rings (SSSR count). The summed E-state index contributed by atoms with van der Waals surface area (Å²) in [5.41, 5.74) is 0.582. The van der Waals surface area contributed by atoms with Gasteiger partial charge in [-0.15, -0.1) is 0 Å². The van der Waals surface area contributed by atoms with Crippen molar-refractivity contribution in [2.45, 2.75) is 32.7 Å². The Morgan fingerprint density at radius 3 is 2.82 bits per heavy atom. The second kappa shape index (κ2) is 5.51. The van der Waals surface area contributed by atoms with E-state index < -0.39 is 0 Å². The molecule has 0 spiro atoms. The molecule has 0 aliphatic carbocycles. The van der Waals surface area contributed by atoms with Crippen LogP contribution in [0.4, 0.5) is 0 Å². The van der Waals surface area contributed by atoms with Gasteiger partial charge in [-0.3, -0.25) is 24.3 Å². The first-order valence-electron chi connectivity index (χ1n) is 7.59. The molecule has 6 heteroatoms. The molecule has 1 aromatic rings. The quantitative estimate of drug-likeness (QED) is 0.790. The third kappa shape index (κ3) is 2.38. The SMILES string of the molecule is CC(C)CC(=O)N1CCC(N2C(=O)c3cccnc3C2=O)C1. The monoisotopic (exact) mass is 301 g/mol. The molecule has 0 radical (unpaired) electrons. The van der Waals surface area contributed by atoms with Crippen LogP contribution in [0.5, 0.6) is 0 Å². The molecule has 1 fully saturated rings. The van der Waals surface area contributed by atoms with Crippen molar-refractivity contribution in [1.29, 1.82) is 0 Å². The van der Waals surface area contributed by atoms with Crippen LogP contribution in [0.15, 0.2) is 18.3 Å². The summed E-state index contributed by atoms with van der Waals surface area (Å²) >= 11 is 0. The maximum atomic E-state index is 12.4. The number of nitrogens with zero attached hydrogens (tertiary/aromatic N) is 3. The second-order valence-electron chi connectivity index (χ2n) is 6.26. The first kappa shape index (κ1) is 14.7. The molecular formula is C16H19N3O3. The van der Waals surface area contributed by atoms with Gasteiger partial charge in [-0.2, -0.15) is 0 Å². The molecular weight excluding hydrogens is 282 g/mol. The van der Waals surface area contributed by atoms with Gasteiger partial charge in [0.1, 0.15) is 5.69 Å². The van der Waals surface area contributed by atoms with Gasteiger partial charge in [0.15, 0.2) is 0 Å². The predicted octanol–water partition coefficient (Wildman–Crippen LogP) is 1.32. The fourth-order valence-corrected chi connectivity index (χ4v) is 3.07. The highest BCUT2D eigenvalue weighted by atomic mass is 16.2. The molecule has 3 amide bonds. The molecule has 2 aliphatic heterocycles. The summed E-state index contributed by atoms with van der Waals surface area (Å²) in [5.74, 6) is -0.248. The summed E-state index contributed by atoms with van der Waals surface area (Å²) < 4.78 is 0. The number of carbonyl (C=O) groups is 3. The van der Waals surface area contributed by atoms with Crippen molar-refractivity contribution in [2.75, 3.05) is 13.1 Å². The Balaban J connectivity index is 1.74. The zero-order chi connectivity index (χ0) is 15.9. The van der Waals surface area contributed by atoms with E-state index in [-0.39, 0.29) is 29.5 Å². The predicted molar refractivity (Wildman–Crippen MR) is 79.2 cm³/mol. The minimum atomic E-state index is -0.344. The average Bonchev–Trinajstić information content (AvgIpc) is 3.04. The summed E-state index contributed by atoms with van der Waals surface area (Å²) in [5, 5.41) is 0. The molecule has 2 aliphatic rings. The number of likely N-dealkylation sites (tertiary alicyclic amines) is 1. The lowest BCUT2D eigenvalue weighted by atomic mass is 10.1. The Kier molecular flexibility index (Phi) is 3.68. The van der Waals surface area contributed by atoms with Crippen LogP contribution in [-0.4, -0.2) is 51.6 Å². The standard InChI is InChI=1S/C16H19N3O3/c1-10(2)8-13(20)18-7-5-11(9-18)19-15(21)12-4-3-6-17-14(12)16(19)22/h3-4,6,10-11H,5,7-9H2,1-2H3. The molecule has 0 bridgehead atoms. The Morgan fingerprint density at radius 2 is 2.14 bits per heavy atom.